The molecule has 7 heteroatoms. The van der Waals surface area contributed by atoms with Crippen LogP contribution in [0, 0.1) is 0 Å². The average molecular weight is 367 g/mol. The van der Waals surface area contributed by atoms with Gasteiger partial charge in [0.25, 0.3) is 0 Å². The van der Waals surface area contributed by atoms with Crippen molar-refractivity contribution in [2.75, 3.05) is 13.1 Å². The zero-order chi connectivity index (χ0) is 18.4. The third-order valence-corrected chi connectivity index (χ3v) is 4.74. The van der Waals surface area contributed by atoms with Crippen LogP contribution < -0.4 is 5.32 Å². The Bertz CT molecular complexity index is 626. The van der Waals surface area contributed by atoms with Crippen molar-refractivity contribution in [1.82, 2.24) is 10.2 Å². The van der Waals surface area contributed by atoms with Crippen molar-refractivity contribution in [2.45, 2.75) is 44.7 Å². The van der Waals surface area contributed by atoms with Gasteiger partial charge in [-0.3, -0.25) is 19.3 Å². The lowest BCUT2D eigenvalue weighted by Crippen LogP contribution is -2.54. The second kappa shape index (κ2) is 8.97. The number of carboxylic acid groups (broad SMARTS) is 1. The van der Waals surface area contributed by atoms with Gasteiger partial charge < -0.3 is 10.4 Å². The van der Waals surface area contributed by atoms with Crippen molar-refractivity contribution in [3.63, 3.8) is 0 Å². The monoisotopic (exact) mass is 366 g/mol. The molecular formula is C18H23ClN2O4. The van der Waals surface area contributed by atoms with Gasteiger partial charge in [-0.15, -0.1) is 0 Å². The number of nitrogens with zero attached hydrogens (tertiary/aromatic N) is 1. The molecule has 1 aromatic carbocycles. The fourth-order valence-electron chi connectivity index (χ4n) is 2.98. The van der Waals surface area contributed by atoms with Crippen LogP contribution in [0.3, 0.4) is 0 Å². The number of rotatable bonds is 9. The summed E-state index contributed by atoms with van der Waals surface area (Å²) in [5, 5.41) is 12.4. The van der Waals surface area contributed by atoms with E-state index in [0.717, 1.165) is 12.8 Å². The molecule has 0 heterocycles. The summed E-state index contributed by atoms with van der Waals surface area (Å²) in [4.78, 5) is 36.7. The molecule has 0 spiro atoms. The van der Waals surface area contributed by atoms with Crippen LogP contribution in [0.2, 0.25) is 5.02 Å². The van der Waals surface area contributed by atoms with Gasteiger partial charge >= 0.3 is 5.97 Å². The number of amides is 1. The molecule has 0 unspecified atom stereocenters. The summed E-state index contributed by atoms with van der Waals surface area (Å²) in [6, 6.07) is 6.87. The molecule has 136 valence electrons. The van der Waals surface area contributed by atoms with Gasteiger partial charge in [0.2, 0.25) is 5.91 Å². The first-order chi connectivity index (χ1) is 11.9. The molecule has 1 aliphatic rings. The van der Waals surface area contributed by atoms with Gasteiger partial charge in [-0.1, -0.05) is 18.5 Å². The Morgan fingerprint density at radius 1 is 1.20 bits per heavy atom. The smallest absolute Gasteiger partial charge is 0.317 e. The number of halogens is 1. The molecule has 1 aliphatic carbocycles. The maximum absolute atomic E-state index is 12.0. The number of likely N-dealkylation sites (N-methyl/N-ethyl adjacent to an activating group) is 1. The van der Waals surface area contributed by atoms with Crippen molar-refractivity contribution >= 4 is 29.3 Å². The quantitative estimate of drug-likeness (QED) is 0.655. The lowest BCUT2D eigenvalue weighted by Gasteiger charge is -2.42. The average Bonchev–Trinajstić information content (AvgIpc) is 2.54. The maximum Gasteiger partial charge on any atom is 0.317 e. The molecule has 1 fully saturated rings. The fourth-order valence-corrected chi connectivity index (χ4v) is 3.11. The van der Waals surface area contributed by atoms with E-state index in [2.05, 4.69) is 5.32 Å². The number of Topliss-reactive ketones (excluding diaryl/α,β-unsaturated/α-hetero) is 1. The van der Waals surface area contributed by atoms with Gasteiger partial charge in [0.05, 0.1) is 6.54 Å². The Morgan fingerprint density at radius 2 is 1.84 bits per heavy atom. The Balaban J connectivity index is 1.69. The van der Waals surface area contributed by atoms with Crippen LogP contribution in [0.4, 0.5) is 0 Å². The van der Waals surface area contributed by atoms with Gasteiger partial charge in [0.1, 0.15) is 0 Å². The number of hydrogen-bond acceptors (Lipinski definition) is 4. The van der Waals surface area contributed by atoms with Crippen LogP contribution in [0.25, 0.3) is 0 Å². The Morgan fingerprint density at radius 3 is 2.40 bits per heavy atom. The number of carbonyl (C=O) groups excluding carboxylic acids is 2. The maximum atomic E-state index is 12.0. The minimum atomic E-state index is -0.838. The lowest BCUT2D eigenvalue weighted by molar-refractivity contribution is -0.139. The molecule has 2 N–H and O–H groups in total. The predicted molar refractivity (Wildman–Crippen MR) is 94.9 cm³/mol. The van der Waals surface area contributed by atoms with Gasteiger partial charge in [0.15, 0.2) is 5.78 Å². The second-order valence-electron chi connectivity index (χ2n) is 6.28. The van der Waals surface area contributed by atoms with Crippen LogP contribution in [0.1, 0.15) is 43.0 Å². The first-order valence-corrected chi connectivity index (χ1v) is 8.80. The van der Waals surface area contributed by atoms with Crippen LogP contribution in [0.5, 0.6) is 0 Å². The standard InChI is InChI=1S/C18H23ClN2O4/c1-2-21(11-18(24)25)15-9-14(10-15)20-17(23)8-7-16(22)12-3-5-13(19)6-4-12/h3-6,14-15H,2,7-11H2,1H3,(H,20,23)(H,24,25). The molecule has 1 aromatic rings. The van der Waals surface area contributed by atoms with Crippen molar-refractivity contribution in [3.8, 4) is 0 Å². The highest BCUT2D eigenvalue weighted by Crippen LogP contribution is 2.25. The topological polar surface area (TPSA) is 86.7 Å². The van der Waals surface area contributed by atoms with E-state index >= 15 is 0 Å². The zero-order valence-electron chi connectivity index (χ0n) is 14.2. The first kappa shape index (κ1) is 19.4. The fraction of sp³-hybridized carbons (Fsp3) is 0.500. The predicted octanol–water partition coefficient (Wildman–Crippen LogP) is 2.36. The molecular weight excluding hydrogens is 344 g/mol. The van der Waals surface area contributed by atoms with E-state index < -0.39 is 5.97 Å². The second-order valence-corrected chi connectivity index (χ2v) is 6.71. The molecule has 0 saturated heterocycles. The summed E-state index contributed by atoms with van der Waals surface area (Å²) in [6.07, 6.45) is 1.80. The molecule has 1 amide bonds. The van der Waals surface area contributed by atoms with E-state index in [4.69, 9.17) is 16.7 Å². The van der Waals surface area contributed by atoms with E-state index in [9.17, 15) is 14.4 Å². The molecule has 0 bridgehead atoms. The van der Waals surface area contributed by atoms with Crippen molar-refractivity contribution in [2.24, 2.45) is 0 Å². The summed E-state index contributed by atoms with van der Waals surface area (Å²) in [7, 11) is 0. The zero-order valence-corrected chi connectivity index (χ0v) is 15.0. The normalized spacial score (nSPS) is 19.3. The molecule has 6 nitrogen and oxygen atoms in total. The van der Waals surface area contributed by atoms with Crippen LogP contribution >= 0.6 is 11.6 Å². The summed E-state index contributed by atoms with van der Waals surface area (Å²) in [5.74, 6) is -1.07. The minimum absolute atomic E-state index is 0.0252. The molecule has 0 atom stereocenters. The number of aliphatic carboxylic acids is 1. The number of carboxylic acids is 1. The van der Waals surface area contributed by atoms with Gasteiger partial charge in [-0.05, 0) is 43.7 Å². The number of ketones is 1. The minimum Gasteiger partial charge on any atom is -0.480 e. The Kier molecular flexibility index (Phi) is 6.96. The molecule has 1 saturated carbocycles. The van der Waals surface area contributed by atoms with Crippen molar-refractivity contribution < 1.29 is 19.5 Å². The summed E-state index contributed by atoms with van der Waals surface area (Å²) >= 11 is 5.78. The number of nitrogens with one attached hydrogen (secondary N) is 1. The largest absolute Gasteiger partial charge is 0.480 e. The van der Waals surface area contributed by atoms with E-state index in [0.29, 0.717) is 17.1 Å². The Hall–Kier alpha value is -1.92. The highest BCUT2D eigenvalue weighted by Gasteiger charge is 2.34. The van der Waals surface area contributed by atoms with E-state index in [1.165, 1.54) is 0 Å². The summed E-state index contributed by atoms with van der Waals surface area (Å²) in [6.45, 7) is 2.63. The van der Waals surface area contributed by atoms with Crippen LogP contribution in [0.15, 0.2) is 24.3 Å². The molecule has 0 aliphatic heterocycles. The molecule has 0 radical (unpaired) electrons. The van der Waals surface area contributed by atoms with E-state index in [1.54, 1.807) is 24.3 Å². The number of carbonyl (C=O) groups is 3. The Labute approximate surface area is 152 Å². The van der Waals surface area contributed by atoms with Crippen LogP contribution in [-0.4, -0.2) is 52.8 Å². The van der Waals surface area contributed by atoms with Gasteiger partial charge in [-0.25, -0.2) is 0 Å². The summed E-state index contributed by atoms with van der Waals surface area (Å²) in [5.41, 5.74) is 0.549. The molecule has 25 heavy (non-hydrogen) atoms. The highest BCUT2D eigenvalue weighted by atomic mass is 35.5. The lowest BCUT2D eigenvalue weighted by atomic mass is 9.85. The van der Waals surface area contributed by atoms with Gasteiger partial charge in [0, 0.05) is 35.5 Å². The molecule has 2 rings (SSSR count). The third-order valence-electron chi connectivity index (χ3n) is 4.48. The van der Waals surface area contributed by atoms with Crippen molar-refractivity contribution in [1.29, 1.82) is 0 Å². The number of hydrogen-bond donors (Lipinski definition) is 2. The van der Waals surface area contributed by atoms with Crippen LogP contribution in [-0.2, 0) is 9.59 Å². The highest BCUT2D eigenvalue weighted by molar-refractivity contribution is 6.30. The first-order valence-electron chi connectivity index (χ1n) is 8.43. The molecule has 0 aromatic heterocycles. The van der Waals surface area contributed by atoms with Gasteiger partial charge in [-0.2, -0.15) is 0 Å². The summed E-state index contributed by atoms with van der Waals surface area (Å²) < 4.78 is 0. The third kappa shape index (κ3) is 5.83. The number of benzene rings is 1. The van der Waals surface area contributed by atoms with E-state index in [1.807, 2.05) is 11.8 Å². The van der Waals surface area contributed by atoms with Crippen molar-refractivity contribution in [3.05, 3.63) is 34.9 Å². The van der Waals surface area contributed by atoms with E-state index in [-0.39, 0.29) is 43.2 Å². The SMILES string of the molecule is CCN(CC(=O)O)C1CC(NC(=O)CCC(=O)c2ccc(Cl)cc2)C1.